The molecule has 3 aromatic heterocycles. The highest BCUT2D eigenvalue weighted by atomic mass is 35.5. The first-order chi connectivity index (χ1) is 17.4. The van der Waals surface area contributed by atoms with Crippen molar-refractivity contribution in [3.05, 3.63) is 63.5 Å². The van der Waals surface area contributed by atoms with Crippen LogP contribution in [-0.4, -0.2) is 38.1 Å². The molecule has 0 amide bonds. The maximum atomic E-state index is 13.4. The second kappa shape index (κ2) is 9.18. The fourth-order valence-electron chi connectivity index (χ4n) is 5.57. The lowest BCUT2D eigenvalue weighted by atomic mass is 9.73. The molecule has 37 heavy (non-hydrogen) atoms. The number of hydrogen-bond donors (Lipinski definition) is 2. The van der Waals surface area contributed by atoms with Crippen molar-refractivity contribution in [3.63, 3.8) is 0 Å². The number of aromatic nitrogens is 4. The summed E-state index contributed by atoms with van der Waals surface area (Å²) in [6.07, 6.45) is -0.323. The smallest absolute Gasteiger partial charge is 0.387 e. The van der Waals surface area contributed by atoms with Crippen molar-refractivity contribution in [2.75, 3.05) is 18.0 Å². The minimum absolute atomic E-state index is 0.0672. The molecule has 11 heteroatoms. The molecule has 1 fully saturated rings. The second-order valence-corrected chi connectivity index (χ2v) is 10.5. The average Bonchev–Trinajstić information content (AvgIpc) is 3.09. The van der Waals surface area contributed by atoms with Gasteiger partial charge in [0.15, 0.2) is 11.5 Å². The highest BCUT2D eigenvalue weighted by Gasteiger charge is 2.47. The van der Waals surface area contributed by atoms with Gasteiger partial charge < -0.3 is 15.7 Å². The number of halogens is 4. The number of alkyl halides is 3. The Hall–Kier alpha value is -2.82. The van der Waals surface area contributed by atoms with E-state index in [4.69, 9.17) is 22.3 Å². The topological polar surface area (TPSA) is 101 Å². The number of rotatable bonds is 3. The highest BCUT2D eigenvalue weighted by Crippen LogP contribution is 2.51. The summed E-state index contributed by atoms with van der Waals surface area (Å²) >= 11 is 6.11. The largest absolute Gasteiger partial charge is 0.434 e. The Labute approximate surface area is 217 Å². The third-order valence-electron chi connectivity index (χ3n) is 7.60. The van der Waals surface area contributed by atoms with E-state index in [1.807, 2.05) is 13.1 Å². The number of fused-ring (bicyclic) bond motifs is 1. The van der Waals surface area contributed by atoms with Crippen LogP contribution in [0.15, 0.2) is 24.5 Å². The summed E-state index contributed by atoms with van der Waals surface area (Å²) in [6.45, 7) is 6.55. The highest BCUT2D eigenvalue weighted by molar-refractivity contribution is 6.34. The SMILES string of the molecule is Cc1cnc2c(c1)[C@@H](N)C1(CCN(c3nc(C)c(-c4ccnc(C(F)(F)F)c4Cl)nc3C(C)O)CC1)C2. The molecule has 0 bridgehead atoms. The van der Waals surface area contributed by atoms with E-state index in [2.05, 4.69) is 25.9 Å². The molecule has 3 N–H and O–H groups in total. The average molecular weight is 533 g/mol. The quantitative estimate of drug-likeness (QED) is 0.483. The molecule has 0 radical (unpaired) electrons. The van der Waals surface area contributed by atoms with E-state index in [0.29, 0.717) is 24.6 Å². The fraction of sp³-hybridized carbons (Fsp3) is 0.462. The number of piperidine rings is 1. The number of aliphatic hydroxyl groups is 1. The lowest BCUT2D eigenvalue weighted by Crippen LogP contribution is -2.45. The standard InChI is InChI=1S/C26H28ClF3N6O/c1-13-10-17-18(33-12-13)11-25(22(17)31)5-8-36(9-6-25)24-21(15(3)37)35-20(14(2)34-24)16-4-7-32-23(19(16)27)26(28,29)30/h4,7,10,12,15,22,37H,5-6,8-9,11,31H2,1-3H3/t15?,22-/m1/s1. The van der Waals surface area contributed by atoms with Crippen LogP contribution >= 0.6 is 11.6 Å². The zero-order valence-electron chi connectivity index (χ0n) is 20.8. The van der Waals surface area contributed by atoms with E-state index in [0.717, 1.165) is 42.3 Å². The third-order valence-corrected chi connectivity index (χ3v) is 7.98. The summed E-state index contributed by atoms with van der Waals surface area (Å²) in [7, 11) is 0. The molecular weight excluding hydrogens is 505 g/mol. The van der Waals surface area contributed by atoms with Crippen LogP contribution in [-0.2, 0) is 12.6 Å². The van der Waals surface area contributed by atoms with Crippen LogP contribution in [0.2, 0.25) is 5.02 Å². The molecule has 1 saturated heterocycles. The van der Waals surface area contributed by atoms with Crippen molar-refractivity contribution >= 4 is 17.4 Å². The third kappa shape index (κ3) is 4.45. The Morgan fingerprint density at radius 1 is 1.19 bits per heavy atom. The monoisotopic (exact) mass is 532 g/mol. The Bertz CT molecular complexity index is 1350. The molecule has 1 aliphatic heterocycles. The number of nitrogens with zero attached hydrogens (tertiary/aromatic N) is 5. The van der Waals surface area contributed by atoms with Gasteiger partial charge in [-0.25, -0.2) is 9.97 Å². The van der Waals surface area contributed by atoms with Gasteiger partial charge in [-0.2, -0.15) is 13.2 Å². The van der Waals surface area contributed by atoms with Crippen LogP contribution in [0.4, 0.5) is 19.0 Å². The normalized spacial score (nSPS) is 19.8. The van der Waals surface area contributed by atoms with Gasteiger partial charge in [-0.05, 0) is 62.6 Å². The molecule has 7 nitrogen and oxygen atoms in total. The van der Waals surface area contributed by atoms with E-state index in [1.54, 1.807) is 13.8 Å². The van der Waals surface area contributed by atoms with Gasteiger partial charge in [-0.3, -0.25) is 9.97 Å². The molecule has 4 heterocycles. The minimum Gasteiger partial charge on any atom is -0.387 e. The molecule has 1 unspecified atom stereocenters. The molecule has 0 saturated carbocycles. The first kappa shape index (κ1) is 25.8. The molecule has 5 rings (SSSR count). The van der Waals surface area contributed by atoms with Crippen molar-refractivity contribution in [1.29, 1.82) is 0 Å². The molecule has 196 valence electrons. The van der Waals surface area contributed by atoms with E-state index >= 15 is 0 Å². The maximum absolute atomic E-state index is 13.4. The minimum atomic E-state index is -4.71. The summed E-state index contributed by atoms with van der Waals surface area (Å²) in [5.41, 5.74) is 9.66. The predicted octanol–water partition coefficient (Wildman–Crippen LogP) is 5.12. The van der Waals surface area contributed by atoms with E-state index in [1.165, 1.54) is 6.07 Å². The Kier molecular flexibility index (Phi) is 6.40. The van der Waals surface area contributed by atoms with Crippen LogP contribution in [0.3, 0.4) is 0 Å². The number of hydrogen-bond acceptors (Lipinski definition) is 7. The van der Waals surface area contributed by atoms with E-state index in [9.17, 15) is 18.3 Å². The lowest BCUT2D eigenvalue weighted by Gasteiger charge is -2.43. The first-order valence-electron chi connectivity index (χ1n) is 12.2. The van der Waals surface area contributed by atoms with Crippen LogP contribution in [0.25, 0.3) is 11.3 Å². The fourth-order valence-corrected chi connectivity index (χ4v) is 5.88. The first-order valence-corrected chi connectivity index (χ1v) is 12.5. The molecular formula is C26H28ClF3N6O. The molecule has 1 aliphatic carbocycles. The van der Waals surface area contributed by atoms with Gasteiger partial charge in [0.25, 0.3) is 0 Å². The molecule has 2 atom stereocenters. The van der Waals surface area contributed by atoms with Gasteiger partial charge >= 0.3 is 6.18 Å². The van der Waals surface area contributed by atoms with Gasteiger partial charge in [0, 0.05) is 42.8 Å². The van der Waals surface area contributed by atoms with E-state index < -0.39 is 23.0 Å². The molecule has 0 aromatic carbocycles. The number of aryl methyl sites for hydroxylation is 2. The summed E-state index contributed by atoms with van der Waals surface area (Å²) in [5, 5.41) is 10.0. The van der Waals surface area contributed by atoms with E-state index in [-0.39, 0.29) is 28.4 Å². The summed E-state index contributed by atoms with van der Waals surface area (Å²) in [6, 6.07) is 3.40. The number of nitrogens with two attached hydrogens (primary N) is 1. The second-order valence-electron chi connectivity index (χ2n) is 10.1. The van der Waals surface area contributed by atoms with Gasteiger partial charge in [-0.1, -0.05) is 17.7 Å². The van der Waals surface area contributed by atoms with Crippen LogP contribution in [0, 0.1) is 19.3 Å². The van der Waals surface area contributed by atoms with Crippen molar-refractivity contribution in [1.82, 2.24) is 19.9 Å². The van der Waals surface area contributed by atoms with Crippen LogP contribution in [0.5, 0.6) is 0 Å². The van der Waals surface area contributed by atoms with Crippen molar-refractivity contribution in [2.24, 2.45) is 11.1 Å². The Morgan fingerprint density at radius 2 is 1.89 bits per heavy atom. The van der Waals surface area contributed by atoms with Gasteiger partial charge in [-0.15, -0.1) is 0 Å². The number of anilines is 1. The zero-order valence-corrected chi connectivity index (χ0v) is 21.5. The van der Waals surface area contributed by atoms with Gasteiger partial charge in [0.1, 0.15) is 5.69 Å². The van der Waals surface area contributed by atoms with Gasteiger partial charge in [0.2, 0.25) is 0 Å². The summed E-state index contributed by atoms with van der Waals surface area (Å²) < 4.78 is 40.1. The van der Waals surface area contributed by atoms with Gasteiger partial charge in [0.05, 0.1) is 22.5 Å². The summed E-state index contributed by atoms with van der Waals surface area (Å²) in [4.78, 5) is 19.4. The van der Waals surface area contributed by atoms with Crippen LogP contribution < -0.4 is 10.6 Å². The molecule has 3 aromatic rings. The zero-order chi connectivity index (χ0) is 26.7. The number of pyridine rings is 2. The van der Waals surface area contributed by atoms with Crippen LogP contribution in [0.1, 0.15) is 65.8 Å². The number of aliphatic hydroxyl groups excluding tert-OH is 1. The predicted molar refractivity (Wildman–Crippen MR) is 134 cm³/mol. The van der Waals surface area contributed by atoms with Crippen molar-refractivity contribution < 1.29 is 18.3 Å². The van der Waals surface area contributed by atoms with Crippen molar-refractivity contribution in [2.45, 2.75) is 58.4 Å². The maximum Gasteiger partial charge on any atom is 0.434 e. The Balaban J connectivity index is 1.45. The van der Waals surface area contributed by atoms with Crippen molar-refractivity contribution in [3.8, 4) is 11.3 Å². The lowest BCUT2D eigenvalue weighted by molar-refractivity contribution is -0.141. The Morgan fingerprint density at radius 3 is 2.54 bits per heavy atom. The molecule has 2 aliphatic rings. The molecule has 1 spiro atoms. The summed E-state index contributed by atoms with van der Waals surface area (Å²) in [5.74, 6) is 0.519.